The molecule has 2 amide bonds. The van der Waals surface area contributed by atoms with Gasteiger partial charge in [-0.15, -0.1) is 0 Å². The number of hydrogen-bond donors (Lipinski definition) is 2. The number of amides is 2. The molecule has 3 unspecified atom stereocenters. The maximum Gasteiger partial charge on any atom is 0.408 e. The number of aliphatic carboxylic acids is 1. The van der Waals surface area contributed by atoms with Crippen molar-refractivity contribution in [3.8, 4) is 22.8 Å². The van der Waals surface area contributed by atoms with Crippen LogP contribution in [0.25, 0.3) is 22.2 Å². The number of benzene rings is 2. The number of hydrogen-bond acceptors (Lipinski definition) is 7. The summed E-state index contributed by atoms with van der Waals surface area (Å²) in [5, 5.41) is 13.4. The summed E-state index contributed by atoms with van der Waals surface area (Å²) in [5.74, 6) is -0.789. The fourth-order valence-electron chi connectivity index (χ4n) is 4.82. The molecule has 0 spiro atoms. The third kappa shape index (κ3) is 7.06. The SMILES string of the molecule is COc1ccc2c(OC3CC(C(=O)O)N(C(=O)C(NC(=O)OC(C)(C)C)C(C)C)C3)cc(-c3ccccc3)nc2c1. The van der Waals surface area contributed by atoms with E-state index < -0.39 is 41.8 Å². The van der Waals surface area contributed by atoms with Crippen molar-refractivity contribution >= 4 is 28.9 Å². The molecule has 1 aliphatic rings. The van der Waals surface area contributed by atoms with Crippen LogP contribution in [0.5, 0.6) is 11.5 Å². The Balaban J connectivity index is 1.63. The van der Waals surface area contributed by atoms with Crippen molar-refractivity contribution < 1.29 is 33.7 Å². The van der Waals surface area contributed by atoms with Gasteiger partial charge in [-0.1, -0.05) is 44.2 Å². The van der Waals surface area contributed by atoms with Crippen molar-refractivity contribution in [3.05, 3.63) is 54.6 Å². The lowest BCUT2D eigenvalue weighted by Gasteiger charge is -2.30. The molecule has 1 aliphatic heterocycles. The molecular formula is C31H37N3O7. The summed E-state index contributed by atoms with van der Waals surface area (Å²) < 4.78 is 17.1. The van der Waals surface area contributed by atoms with Gasteiger partial charge in [-0.2, -0.15) is 0 Å². The number of likely N-dealkylation sites (tertiary alicyclic amines) is 1. The molecule has 10 nitrogen and oxygen atoms in total. The average molecular weight is 564 g/mol. The summed E-state index contributed by atoms with van der Waals surface area (Å²) in [6, 6.07) is 14.8. The first-order valence-electron chi connectivity index (χ1n) is 13.6. The molecule has 2 N–H and O–H groups in total. The molecule has 3 aromatic rings. The number of alkyl carbamates (subject to hydrolysis) is 1. The summed E-state index contributed by atoms with van der Waals surface area (Å²) in [6.45, 7) is 8.78. The monoisotopic (exact) mass is 563 g/mol. The van der Waals surface area contributed by atoms with E-state index in [4.69, 9.17) is 19.2 Å². The number of carboxylic acids is 1. The van der Waals surface area contributed by atoms with Gasteiger partial charge in [0.15, 0.2) is 0 Å². The first-order valence-corrected chi connectivity index (χ1v) is 13.6. The number of pyridine rings is 1. The lowest BCUT2D eigenvalue weighted by molar-refractivity contribution is -0.149. The summed E-state index contributed by atoms with van der Waals surface area (Å²) in [4.78, 5) is 44.4. The van der Waals surface area contributed by atoms with Gasteiger partial charge in [0.2, 0.25) is 5.91 Å². The number of rotatable bonds is 8. The molecule has 0 aliphatic carbocycles. The molecule has 3 atom stereocenters. The molecular weight excluding hydrogens is 526 g/mol. The number of carbonyl (C=O) groups is 3. The fraction of sp³-hybridized carbons (Fsp3) is 0.419. The van der Waals surface area contributed by atoms with Gasteiger partial charge < -0.3 is 29.5 Å². The molecule has 218 valence electrons. The lowest BCUT2D eigenvalue weighted by Crippen LogP contribution is -2.54. The van der Waals surface area contributed by atoms with Crippen molar-refractivity contribution in [1.82, 2.24) is 15.2 Å². The number of ether oxygens (including phenoxy) is 3. The van der Waals surface area contributed by atoms with E-state index in [-0.39, 0.29) is 18.9 Å². The van der Waals surface area contributed by atoms with Crippen LogP contribution in [0.15, 0.2) is 54.6 Å². The summed E-state index contributed by atoms with van der Waals surface area (Å²) in [5.41, 5.74) is 1.48. The third-order valence-corrected chi connectivity index (χ3v) is 6.78. The van der Waals surface area contributed by atoms with Crippen LogP contribution in [-0.2, 0) is 14.3 Å². The minimum absolute atomic E-state index is 0.0374. The second-order valence-corrected chi connectivity index (χ2v) is 11.4. The standard InChI is InChI=1S/C31H37N3O7/c1-18(2)27(33-30(38)41-31(3,4)5)28(35)34-17-21(15-25(34)29(36)37)40-26-16-23(19-10-8-7-9-11-19)32-24-14-20(39-6)12-13-22(24)26/h7-14,16,18,21,25,27H,15,17H2,1-6H3,(H,33,38)(H,36,37). The van der Waals surface area contributed by atoms with Gasteiger partial charge in [-0.3, -0.25) is 4.79 Å². The van der Waals surface area contributed by atoms with Gasteiger partial charge in [0.1, 0.15) is 35.3 Å². The van der Waals surface area contributed by atoms with Gasteiger partial charge in [0, 0.05) is 29.5 Å². The summed E-state index contributed by atoms with van der Waals surface area (Å²) >= 11 is 0. The Kier molecular flexibility index (Phi) is 8.70. The Hall–Kier alpha value is -4.34. The lowest BCUT2D eigenvalue weighted by atomic mass is 10.0. The zero-order valence-electron chi connectivity index (χ0n) is 24.2. The highest BCUT2D eigenvalue weighted by atomic mass is 16.6. The minimum Gasteiger partial charge on any atom is -0.497 e. The summed E-state index contributed by atoms with van der Waals surface area (Å²) in [7, 11) is 1.58. The maximum absolute atomic E-state index is 13.6. The normalized spacial score (nSPS) is 17.8. The molecule has 10 heteroatoms. The van der Waals surface area contributed by atoms with E-state index in [1.54, 1.807) is 47.8 Å². The first-order chi connectivity index (χ1) is 19.4. The van der Waals surface area contributed by atoms with Crippen LogP contribution < -0.4 is 14.8 Å². The molecule has 41 heavy (non-hydrogen) atoms. The van der Waals surface area contributed by atoms with Crippen molar-refractivity contribution in [2.24, 2.45) is 5.92 Å². The van der Waals surface area contributed by atoms with E-state index in [0.717, 1.165) is 10.9 Å². The van der Waals surface area contributed by atoms with Crippen molar-refractivity contribution in [2.45, 2.75) is 64.8 Å². The zero-order chi connectivity index (χ0) is 29.9. The number of fused-ring (bicyclic) bond motifs is 1. The van der Waals surface area contributed by atoms with E-state index >= 15 is 0 Å². The van der Waals surface area contributed by atoms with E-state index in [1.807, 2.05) is 48.5 Å². The second kappa shape index (κ2) is 12.0. The van der Waals surface area contributed by atoms with Gasteiger partial charge in [0.25, 0.3) is 0 Å². The van der Waals surface area contributed by atoms with E-state index in [1.165, 1.54) is 4.90 Å². The zero-order valence-corrected chi connectivity index (χ0v) is 24.2. The Morgan fingerprint density at radius 3 is 2.39 bits per heavy atom. The van der Waals surface area contributed by atoms with E-state index in [9.17, 15) is 19.5 Å². The Morgan fingerprint density at radius 2 is 1.78 bits per heavy atom. The highest BCUT2D eigenvalue weighted by Gasteiger charge is 2.44. The first kappa shape index (κ1) is 29.6. The van der Waals surface area contributed by atoms with Crippen molar-refractivity contribution in [2.75, 3.05) is 13.7 Å². The largest absolute Gasteiger partial charge is 0.497 e. The Morgan fingerprint density at radius 1 is 1.07 bits per heavy atom. The quantitative estimate of drug-likeness (QED) is 0.397. The second-order valence-electron chi connectivity index (χ2n) is 11.4. The van der Waals surface area contributed by atoms with Gasteiger partial charge in [-0.05, 0) is 38.8 Å². The molecule has 1 fully saturated rings. The predicted octanol–water partition coefficient (Wildman–Crippen LogP) is 4.89. The highest BCUT2D eigenvalue weighted by Crippen LogP contribution is 2.34. The Bertz CT molecular complexity index is 1420. The minimum atomic E-state index is -1.14. The molecule has 1 aromatic heterocycles. The van der Waals surface area contributed by atoms with Gasteiger partial charge in [0.05, 0.1) is 24.9 Å². The van der Waals surface area contributed by atoms with E-state index in [0.29, 0.717) is 22.7 Å². The average Bonchev–Trinajstić information content (AvgIpc) is 3.34. The topological polar surface area (TPSA) is 127 Å². The molecule has 0 bridgehead atoms. The third-order valence-electron chi connectivity index (χ3n) is 6.78. The van der Waals surface area contributed by atoms with Crippen LogP contribution in [-0.4, -0.2) is 70.4 Å². The van der Waals surface area contributed by atoms with Crippen molar-refractivity contribution in [1.29, 1.82) is 0 Å². The summed E-state index contributed by atoms with van der Waals surface area (Å²) in [6.07, 6.45) is -1.26. The molecule has 0 saturated carbocycles. The molecule has 2 heterocycles. The highest BCUT2D eigenvalue weighted by molar-refractivity contribution is 5.91. The van der Waals surface area contributed by atoms with Gasteiger partial charge >= 0.3 is 12.1 Å². The number of nitrogens with zero attached hydrogens (tertiary/aromatic N) is 2. The van der Waals surface area contributed by atoms with Crippen molar-refractivity contribution in [3.63, 3.8) is 0 Å². The number of carbonyl (C=O) groups excluding carboxylic acids is 2. The van der Waals surface area contributed by atoms with Crippen LogP contribution in [0.1, 0.15) is 41.0 Å². The van der Waals surface area contributed by atoms with Crippen LogP contribution in [0.3, 0.4) is 0 Å². The van der Waals surface area contributed by atoms with Crippen LogP contribution in [0, 0.1) is 5.92 Å². The van der Waals surface area contributed by atoms with Crippen LogP contribution >= 0.6 is 0 Å². The number of methoxy groups -OCH3 is 1. The Labute approximate surface area is 239 Å². The van der Waals surface area contributed by atoms with E-state index in [2.05, 4.69) is 5.32 Å². The molecule has 2 aromatic carbocycles. The van der Waals surface area contributed by atoms with Crippen LogP contribution in [0.2, 0.25) is 0 Å². The van der Waals surface area contributed by atoms with Gasteiger partial charge in [-0.25, -0.2) is 14.6 Å². The molecule has 4 rings (SSSR count). The number of carboxylic acid groups (broad SMARTS) is 1. The molecule has 0 radical (unpaired) electrons. The maximum atomic E-state index is 13.6. The fourth-order valence-corrected chi connectivity index (χ4v) is 4.82. The van der Waals surface area contributed by atoms with Crippen LogP contribution in [0.4, 0.5) is 4.79 Å². The number of aromatic nitrogens is 1. The number of nitrogens with one attached hydrogen (secondary N) is 1. The smallest absolute Gasteiger partial charge is 0.408 e. The molecule has 1 saturated heterocycles. The predicted molar refractivity (Wildman–Crippen MR) is 154 cm³/mol.